The van der Waals surface area contributed by atoms with Crippen LogP contribution in [0.25, 0.3) is 0 Å². The average Bonchev–Trinajstić information content (AvgIpc) is 2.93. The minimum Gasteiger partial charge on any atom is -0.504 e. The summed E-state index contributed by atoms with van der Waals surface area (Å²) in [4.78, 5) is 6.84. The Morgan fingerprint density at radius 2 is 1.07 bits per heavy atom. The minimum atomic E-state index is -4.85. The third-order valence-electron chi connectivity index (χ3n) is 5.23. The highest BCUT2D eigenvalue weighted by Gasteiger charge is 2.40. The number of hydrogen-bond acceptors (Lipinski definition) is 8. The Bertz CT molecular complexity index is 1530. The van der Waals surface area contributed by atoms with Crippen LogP contribution in [0.3, 0.4) is 0 Å². The maximum atomic E-state index is 13.0. The number of alkyl halides is 6. The number of hydrogen-bond donors (Lipinski definition) is 3. The molecule has 0 bridgehead atoms. The van der Waals surface area contributed by atoms with Gasteiger partial charge >= 0.3 is 12.4 Å². The molecule has 0 saturated heterocycles. The van der Waals surface area contributed by atoms with Gasteiger partial charge in [0, 0.05) is 12.1 Å². The van der Waals surface area contributed by atoms with Crippen molar-refractivity contribution in [2.75, 3.05) is 7.11 Å². The van der Waals surface area contributed by atoms with E-state index in [1.54, 1.807) is 0 Å². The Morgan fingerprint density at radius 1 is 0.628 bits per heavy atom. The zero-order chi connectivity index (χ0) is 31.9. The Hall–Kier alpha value is -4.70. The first-order valence-corrected chi connectivity index (χ1v) is 11.7. The molecule has 4 aromatic rings. The van der Waals surface area contributed by atoms with Crippen LogP contribution in [0.5, 0.6) is 34.8 Å². The van der Waals surface area contributed by atoms with Gasteiger partial charge in [-0.3, -0.25) is 0 Å². The minimum absolute atomic E-state index is 0.0405. The van der Waals surface area contributed by atoms with E-state index in [9.17, 15) is 45.3 Å². The van der Waals surface area contributed by atoms with E-state index in [4.69, 9.17) is 19.3 Å². The molecule has 230 valence electrons. The van der Waals surface area contributed by atoms with Crippen LogP contribution in [0, 0.1) is 11.9 Å². The summed E-state index contributed by atoms with van der Waals surface area (Å²) in [5.74, 6) is -2.69. The zero-order valence-corrected chi connectivity index (χ0v) is 21.6. The van der Waals surface area contributed by atoms with Crippen LogP contribution >= 0.6 is 0 Å². The standard InChI is InChI=1S/C14H11F4NO3.C13H9F4NO3/c1-21-10-7-8(13(20)14(16,17)18)5-6-9(10)22-12-4-2-3-11(15)19-12;14-10-2-1-3-11(18-10)21-9-5-4-7(6-8(9)19)12(20)13(15,16)17/h2-7,13,20H,1H3;1-6,12,19-20H. The van der Waals surface area contributed by atoms with Gasteiger partial charge in [0.25, 0.3) is 0 Å². The summed E-state index contributed by atoms with van der Waals surface area (Å²) in [6.07, 6.45) is -15.0. The maximum Gasteiger partial charge on any atom is 0.418 e. The van der Waals surface area contributed by atoms with Crippen LogP contribution in [-0.2, 0) is 0 Å². The van der Waals surface area contributed by atoms with Gasteiger partial charge < -0.3 is 29.5 Å². The summed E-state index contributed by atoms with van der Waals surface area (Å²) in [5.41, 5.74) is -0.941. The first-order chi connectivity index (χ1) is 20.1. The molecule has 0 radical (unpaired) electrons. The van der Waals surface area contributed by atoms with Crippen LogP contribution < -0.4 is 14.2 Å². The number of benzene rings is 2. The van der Waals surface area contributed by atoms with Crippen molar-refractivity contribution in [3.05, 3.63) is 95.8 Å². The van der Waals surface area contributed by atoms with Gasteiger partial charge in [0.1, 0.15) is 0 Å². The van der Waals surface area contributed by atoms with Crippen LogP contribution in [0.15, 0.2) is 72.8 Å². The largest absolute Gasteiger partial charge is 0.504 e. The number of aliphatic hydroxyl groups excluding tert-OH is 2. The number of nitrogens with zero attached hydrogens (tertiary/aromatic N) is 2. The zero-order valence-electron chi connectivity index (χ0n) is 21.6. The number of ether oxygens (including phenoxy) is 3. The van der Waals surface area contributed by atoms with Crippen molar-refractivity contribution in [1.29, 1.82) is 0 Å². The molecule has 0 aliphatic heterocycles. The van der Waals surface area contributed by atoms with Crippen LogP contribution in [0.1, 0.15) is 23.3 Å². The van der Waals surface area contributed by atoms with Crippen molar-refractivity contribution >= 4 is 0 Å². The van der Waals surface area contributed by atoms with E-state index in [-0.39, 0.29) is 29.0 Å². The van der Waals surface area contributed by atoms with E-state index in [1.807, 2.05) is 0 Å². The molecule has 0 aliphatic carbocycles. The molecule has 43 heavy (non-hydrogen) atoms. The quantitative estimate of drug-likeness (QED) is 0.151. The number of phenolic OH excluding ortho intramolecular Hbond substituents is 1. The Kier molecular flexibility index (Phi) is 10.3. The summed E-state index contributed by atoms with van der Waals surface area (Å²) >= 11 is 0. The van der Waals surface area contributed by atoms with Gasteiger partial charge in [-0.2, -0.15) is 45.1 Å². The number of rotatable bonds is 7. The van der Waals surface area contributed by atoms with Gasteiger partial charge in [0.15, 0.2) is 35.2 Å². The lowest BCUT2D eigenvalue weighted by Gasteiger charge is -2.17. The van der Waals surface area contributed by atoms with Gasteiger partial charge in [-0.1, -0.05) is 24.3 Å². The predicted octanol–water partition coefficient (Wildman–Crippen LogP) is 6.93. The molecular weight excluding hydrogens is 600 g/mol. The molecule has 2 unspecified atom stereocenters. The second kappa shape index (κ2) is 13.5. The van der Waals surface area contributed by atoms with Crippen LogP contribution in [-0.4, -0.2) is 44.7 Å². The predicted molar refractivity (Wildman–Crippen MR) is 132 cm³/mol. The summed E-state index contributed by atoms with van der Waals surface area (Å²) in [6, 6.07) is 13.4. The highest BCUT2D eigenvalue weighted by atomic mass is 19.4. The van der Waals surface area contributed by atoms with Gasteiger partial charge in [-0.15, -0.1) is 0 Å². The first kappa shape index (κ1) is 32.8. The summed E-state index contributed by atoms with van der Waals surface area (Å²) in [5, 5.41) is 27.9. The molecule has 3 N–H and O–H groups in total. The molecule has 0 fully saturated rings. The molecular formula is C27H20F8N2O6. The lowest BCUT2D eigenvalue weighted by molar-refractivity contribution is -0.207. The van der Waals surface area contributed by atoms with Crippen molar-refractivity contribution in [3.8, 4) is 34.8 Å². The normalized spacial score (nSPS) is 12.9. The van der Waals surface area contributed by atoms with Crippen molar-refractivity contribution in [1.82, 2.24) is 9.97 Å². The maximum absolute atomic E-state index is 13.0. The second-order valence-corrected chi connectivity index (χ2v) is 8.33. The monoisotopic (exact) mass is 620 g/mol. The van der Waals surface area contributed by atoms with Crippen molar-refractivity contribution < 1.29 is 64.7 Å². The van der Waals surface area contributed by atoms with Gasteiger partial charge in [0.2, 0.25) is 23.7 Å². The Balaban J connectivity index is 0.000000236. The molecule has 0 aliphatic rings. The summed E-state index contributed by atoms with van der Waals surface area (Å²) in [7, 11) is 1.23. The topological polar surface area (TPSA) is 114 Å². The van der Waals surface area contributed by atoms with E-state index in [1.165, 1.54) is 37.4 Å². The summed E-state index contributed by atoms with van der Waals surface area (Å²) in [6.45, 7) is 0. The molecule has 2 atom stereocenters. The SMILES string of the molecule is COc1cc(C(O)C(F)(F)F)ccc1Oc1cccc(F)n1.Oc1cc(C(O)C(F)(F)F)ccc1Oc1cccc(F)n1. The van der Waals surface area contributed by atoms with E-state index in [0.717, 1.165) is 36.4 Å². The molecule has 4 rings (SSSR count). The molecule has 2 heterocycles. The Morgan fingerprint density at radius 3 is 1.49 bits per heavy atom. The highest BCUT2D eigenvalue weighted by molar-refractivity contribution is 5.46. The van der Waals surface area contributed by atoms with Gasteiger partial charge in [0.05, 0.1) is 7.11 Å². The van der Waals surface area contributed by atoms with Crippen molar-refractivity contribution in [2.45, 2.75) is 24.6 Å². The number of aromatic nitrogens is 2. The molecule has 0 spiro atoms. The number of aliphatic hydroxyl groups is 2. The third kappa shape index (κ3) is 9.14. The van der Waals surface area contributed by atoms with Crippen molar-refractivity contribution in [2.24, 2.45) is 0 Å². The molecule has 8 nitrogen and oxygen atoms in total. The van der Waals surface area contributed by atoms with E-state index < -0.39 is 53.3 Å². The molecule has 2 aromatic heterocycles. The molecule has 0 amide bonds. The fourth-order valence-electron chi connectivity index (χ4n) is 3.23. The lowest BCUT2D eigenvalue weighted by Crippen LogP contribution is -2.20. The number of pyridine rings is 2. The van der Waals surface area contributed by atoms with E-state index in [2.05, 4.69) is 9.97 Å². The number of aromatic hydroxyl groups is 1. The number of phenols is 1. The van der Waals surface area contributed by atoms with Crippen LogP contribution in [0.2, 0.25) is 0 Å². The lowest BCUT2D eigenvalue weighted by atomic mass is 10.1. The molecule has 16 heteroatoms. The highest BCUT2D eigenvalue weighted by Crippen LogP contribution is 2.39. The van der Waals surface area contributed by atoms with Gasteiger partial charge in [-0.25, -0.2) is 0 Å². The second-order valence-electron chi connectivity index (χ2n) is 8.33. The third-order valence-corrected chi connectivity index (χ3v) is 5.23. The van der Waals surface area contributed by atoms with E-state index in [0.29, 0.717) is 6.07 Å². The fourth-order valence-corrected chi connectivity index (χ4v) is 3.23. The Labute approximate surface area is 237 Å². The molecule has 2 aromatic carbocycles. The smallest absolute Gasteiger partial charge is 0.418 e. The van der Waals surface area contributed by atoms with Gasteiger partial charge in [-0.05, 0) is 47.5 Å². The fraction of sp³-hybridized carbons (Fsp3) is 0.185. The van der Waals surface area contributed by atoms with Crippen LogP contribution in [0.4, 0.5) is 35.1 Å². The molecule has 0 saturated carbocycles. The van der Waals surface area contributed by atoms with Crippen molar-refractivity contribution in [3.63, 3.8) is 0 Å². The summed E-state index contributed by atoms with van der Waals surface area (Å²) < 4.78 is 116. The number of halogens is 8. The number of methoxy groups -OCH3 is 1. The first-order valence-electron chi connectivity index (χ1n) is 11.7. The van der Waals surface area contributed by atoms with E-state index >= 15 is 0 Å². The average molecular weight is 620 g/mol.